The summed E-state index contributed by atoms with van der Waals surface area (Å²) in [7, 11) is 2.21. The molecule has 8 heteroatoms. The minimum atomic E-state index is -1.41. The highest BCUT2D eigenvalue weighted by atomic mass is 32.2. The fourth-order valence-corrected chi connectivity index (χ4v) is 8.87. The number of nitrogens with zero attached hydrogens (tertiary/aromatic N) is 4. The molecule has 7 rings (SSSR count). The smallest absolute Gasteiger partial charge is 0.224 e. The maximum atomic E-state index is 14.1. The third kappa shape index (κ3) is 6.33. The van der Waals surface area contributed by atoms with E-state index in [0.717, 1.165) is 59.5 Å². The summed E-state index contributed by atoms with van der Waals surface area (Å²) in [6.07, 6.45) is 9.22. The van der Waals surface area contributed by atoms with Gasteiger partial charge in [0.15, 0.2) is 0 Å². The first-order valence-corrected chi connectivity index (χ1v) is 17.6. The fourth-order valence-electron chi connectivity index (χ4n) is 7.53. The van der Waals surface area contributed by atoms with Crippen LogP contribution in [0.15, 0.2) is 77.8 Å². The number of hydrogen-bond acceptors (Lipinski definition) is 4. The molecule has 0 spiro atoms. The van der Waals surface area contributed by atoms with Crippen LogP contribution >= 0.6 is 0 Å². The van der Waals surface area contributed by atoms with Crippen LogP contribution in [0.3, 0.4) is 0 Å². The lowest BCUT2D eigenvalue weighted by Gasteiger charge is -2.38. The van der Waals surface area contributed by atoms with Crippen molar-refractivity contribution in [2.75, 3.05) is 33.8 Å². The number of carbonyl (C=O) groups excluding carboxylic acids is 1. The number of amides is 1. The van der Waals surface area contributed by atoms with Crippen LogP contribution in [-0.2, 0) is 41.7 Å². The van der Waals surface area contributed by atoms with Gasteiger partial charge >= 0.3 is 0 Å². The van der Waals surface area contributed by atoms with Crippen molar-refractivity contribution >= 4 is 27.7 Å². The van der Waals surface area contributed by atoms with E-state index in [9.17, 15) is 9.00 Å². The highest BCUT2D eigenvalue weighted by Crippen LogP contribution is 2.35. The number of hydrogen-bond donors (Lipinski definition) is 0. The highest BCUT2D eigenvalue weighted by Gasteiger charge is 2.35. The summed E-state index contributed by atoms with van der Waals surface area (Å²) in [4.78, 5) is 19.2. The second-order valence-electron chi connectivity index (χ2n) is 13.0. The standard InChI is InChI=1S/C37H44N4O3S/c1-38(32-13-10-28-21-27(8-9-29(28)22-32)26-39-16-4-3-5-17-39)37(42)25-36-35-7-6-18-40(35)19-20-41(36)45(43)34-15-12-30-23-33(44-2)14-11-31(30)24-34/h6-9,11-12,14-15,18,21,23-24,32,36H,3-5,10,13,16-17,19-20,22,25-26H2,1-2H3. The van der Waals surface area contributed by atoms with Gasteiger partial charge < -0.3 is 14.2 Å². The van der Waals surface area contributed by atoms with Gasteiger partial charge in [0.05, 0.1) is 18.0 Å². The summed E-state index contributed by atoms with van der Waals surface area (Å²) in [5.41, 5.74) is 5.29. The van der Waals surface area contributed by atoms with Gasteiger partial charge in [0.2, 0.25) is 5.91 Å². The van der Waals surface area contributed by atoms with E-state index in [1.54, 1.807) is 7.11 Å². The summed E-state index contributed by atoms with van der Waals surface area (Å²) in [6.45, 7) is 4.83. The molecule has 236 valence electrons. The summed E-state index contributed by atoms with van der Waals surface area (Å²) in [6, 6.07) is 22.9. The van der Waals surface area contributed by atoms with Gasteiger partial charge in [-0.25, -0.2) is 8.51 Å². The molecule has 0 saturated carbocycles. The Labute approximate surface area is 269 Å². The second kappa shape index (κ2) is 13.1. The number of carbonyl (C=O) groups is 1. The van der Waals surface area contributed by atoms with Gasteiger partial charge in [-0.3, -0.25) is 9.69 Å². The van der Waals surface area contributed by atoms with Crippen LogP contribution in [0.2, 0.25) is 0 Å². The van der Waals surface area contributed by atoms with Crippen molar-refractivity contribution in [2.24, 2.45) is 0 Å². The van der Waals surface area contributed by atoms with Gasteiger partial charge in [-0.2, -0.15) is 0 Å². The lowest BCUT2D eigenvalue weighted by Crippen LogP contribution is -2.45. The molecule has 0 radical (unpaired) electrons. The number of piperidine rings is 1. The van der Waals surface area contributed by atoms with E-state index >= 15 is 0 Å². The SMILES string of the molecule is COc1ccc2cc(S(=O)N3CCn4cccc4C3CC(=O)N(C)C3CCc4cc(CN5CCCCC5)ccc4C3)ccc2c1. The van der Waals surface area contributed by atoms with E-state index in [2.05, 4.69) is 39.9 Å². The minimum absolute atomic E-state index is 0.109. The molecule has 4 aromatic rings. The number of aryl methyl sites for hydroxylation is 1. The van der Waals surface area contributed by atoms with Crippen molar-refractivity contribution in [1.82, 2.24) is 18.7 Å². The van der Waals surface area contributed by atoms with Crippen molar-refractivity contribution in [3.63, 3.8) is 0 Å². The molecule has 3 heterocycles. The largest absolute Gasteiger partial charge is 0.497 e. The maximum Gasteiger partial charge on any atom is 0.224 e. The Morgan fingerprint density at radius 3 is 2.60 bits per heavy atom. The molecule has 45 heavy (non-hydrogen) atoms. The highest BCUT2D eigenvalue weighted by molar-refractivity contribution is 7.82. The number of benzene rings is 3. The van der Waals surface area contributed by atoms with Gasteiger partial charge in [-0.05, 0) is 109 Å². The first-order chi connectivity index (χ1) is 22.0. The lowest BCUT2D eigenvalue weighted by molar-refractivity contribution is -0.133. The monoisotopic (exact) mass is 624 g/mol. The van der Waals surface area contributed by atoms with Crippen LogP contribution in [0.5, 0.6) is 5.75 Å². The number of likely N-dealkylation sites (N-methyl/N-ethyl adjacent to an activating group) is 1. The maximum absolute atomic E-state index is 14.1. The van der Waals surface area contributed by atoms with Crippen LogP contribution in [0.1, 0.15) is 60.5 Å². The summed E-state index contributed by atoms with van der Waals surface area (Å²) in [5, 5.41) is 2.06. The molecule has 3 unspecified atom stereocenters. The Balaban J connectivity index is 1.05. The molecule has 7 nitrogen and oxygen atoms in total. The van der Waals surface area contributed by atoms with Crippen LogP contribution < -0.4 is 4.74 Å². The van der Waals surface area contributed by atoms with E-state index in [0.29, 0.717) is 13.0 Å². The predicted octanol–water partition coefficient (Wildman–Crippen LogP) is 6.12. The summed E-state index contributed by atoms with van der Waals surface area (Å²) >= 11 is 0. The molecule has 1 saturated heterocycles. The van der Waals surface area contributed by atoms with Crippen molar-refractivity contribution in [1.29, 1.82) is 0 Å². The van der Waals surface area contributed by atoms with Crippen molar-refractivity contribution < 1.29 is 13.7 Å². The molecule has 1 aliphatic carbocycles. The first kappa shape index (κ1) is 30.2. The van der Waals surface area contributed by atoms with E-state index < -0.39 is 11.0 Å². The summed E-state index contributed by atoms with van der Waals surface area (Å²) in [5.74, 6) is 0.910. The molecule has 2 aliphatic heterocycles. The average molecular weight is 625 g/mol. The van der Waals surface area contributed by atoms with Crippen molar-refractivity contribution in [3.05, 3.63) is 95.3 Å². The van der Waals surface area contributed by atoms with Gasteiger partial charge in [0.1, 0.15) is 16.7 Å². The molecule has 3 aromatic carbocycles. The molecule has 1 aromatic heterocycles. The molecule has 1 fully saturated rings. The third-order valence-corrected chi connectivity index (χ3v) is 11.7. The predicted molar refractivity (Wildman–Crippen MR) is 180 cm³/mol. The zero-order valence-electron chi connectivity index (χ0n) is 26.5. The molecular formula is C37H44N4O3S. The van der Waals surface area contributed by atoms with Crippen molar-refractivity contribution in [3.8, 4) is 5.75 Å². The first-order valence-electron chi connectivity index (χ1n) is 16.5. The van der Waals surface area contributed by atoms with E-state index in [1.807, 2.05) is 58.7 Å². The zero-order valence-corrected chi connectivity index (χ0v) is 27.3. The second-order valence-corrected chi connectivity index (χ2v) is 14.4. The molecule has 1 amide bonds. The average Bonchev–Trinajstić information content (AvgIpc) is 3.57. The van der Waals surface area contributed by atoms with Crippen LogP contribution in [0.4, 0.5) is 0 Å². The topological polar surface area (TPSA) is 58.0 Å². The van der Waals surface area contributed by atoms with Gasteiger partial charge in [-0.1, -0.05) is 36.8 Å². The Morgan fingerprint density at radius 2 is 1.76 bits per heavy atom. The van der Waals surface area contributed by atoms with Crippen LogP contribution in [0.25, 0.3) is 10.8 Å². The number of aromatic nitrogens is 1. The molecule has 0 bridgehead atoms. The van der Waals surface area contributed by atoms with Gasteiger partial charge in [0.25, 0.3) is 0 Å². The number of likely N-dealkylation sites (tertiary alicyclic amines) is 1. The lowest BCUT2D eigenvalue weighted by atomic mass is 9.86. The normalized spacial score (nSPS) is 21.2. The molecular weight excluding hydrogens is 580 g/mol. The van der Waals surface area contributed by atoms with Gasteiger partial charge in [-0.15, -0.1) is 0 Å². The van der Waals surface area contributed by atoms with Crippen LogP contribution in [0, 0.1) is 0 Å². The van der Waals surface area contributed by atoms with Crippen molar-refractivity contribution in [2.45, 2.75) is 75.0 Å². The molecule has 0 N–H and O–H groups in total. The fraction of sp³-hybridized carbons (Fsp3) is 0.432. The molecule has 3 atom stereocenters. The van der Waals surface area contributed by atoms with Crippen LogP contribution in [-0.4, -0.2) is 68.6 Å². The summed E-state index contributed by atoms with van der Waals surface area (Å²) < 4.78 is 23.7. The minimum Gasteiger partial charge on any atom is -0.497 e. The number of fused-ring (bicyclic) bond motifs is 3. The number of rotatable bonds is 8. The number of methoxy groups -OCH3 is 1. The third-order valence-electron chi connectivity index (χ3n) is 10.2. The van der Waals surface area contributed by atoms with E-state index in [1.165, 1.54) is 49.0 Å². The molecule has 3 aliphatic rings. The van der Waals surface area contributed by atoms with Gasteiger partial charge in [0, 0.05) is 51.0 Å². The number of ether oxygens (including phenoxy) is 1. The van der Waals surface area contributed by atoms with E-state index in [-0.39, 0.29) is 18.0 Å². The Bertz CT molecular complexity index is 1710. The quantitative estimate of drug-likeness (QED) is 0.237. The zero-order chi connectivity index (χ0) is 30.9. The van der Waals surface area contributed by atoms with E-state index in [4.69, 9.17) is 4.74 Å². The Morgan fingerprint density at radius 1 is 0.933 bits per heavy atom. The Hall–Kier alpha value is -3.46. The Kier molecular flexibility index (Phi) is 8.80.